The first-order chi connectivity index (χ1) is 11.4. The van der Waals surface area contributed by atoms with E-state index in [0.29, 0.717) is 6.42 Å². The molecule has 0 radical (unpaired) electrons. The summed E-state index contributed by atoms with van der Waals surface area (Å²) in [5, 5.41) is 24.0. The maximum absolute atomic E-state index is 13.6. The summed E-state index contributed by atoms with van der Waals surface area (Å²) in [4.78, 5) is 23.0. The molecule has 0 spiro atoms. The first-order valence-corrected chi connectivity index (χ1v) is 7.39. The summed E-state index contributed by atoms with van der Waals surface area (Å²) in [5.74, 6) is -1.51. The number of carbonyl (C=O) groups is 1. The number of fused-ring (bicyclic) bond motifs is 1. The number of nitro benzene ring substituents is 1. The van der Waals surface area contributed by atoms with E-state index in [1.807, 2.05) is 12.1 Å². The molecule has 2 N–H and O–H groups in total. The molecule has 0 fully saturated rings. The Bertz CT molecular complexity index is 837. The van der Waals surface area contributed by atoms with Gasteiger partial charge in [-0.1, -0.05) is 24.3 Å². The van der Waals surface area contributed by atoms with Crippen molar-refractivity contribution in [2.75, 3.05) is 0 Å². The summed E-state index contributed by atoms with van der Waals surface area (Å²) in [6.45, 7) is 1.37. The maximum atomic E-state index is 13.6. The molecule has 0 saturated carbocycles. The van der Waals surface area contributed by atoms with E-state index in [4.69, 9.17) is 0 Å². The van der Waals surface area contributed by atoms with Gasteiger partial charge in [0.1, 0.15) is 11.4 Å². The van der Waals surface area contributed by atoms with Crippen molar-refractivity contribution in [2.24, 2.45) is 0 Å². The van der Waals surface area contributed by atoms with E-state index >= 15 is 0 Å². The predicted octanol–water partition coefficient (Wildman–Crippen LogP) is 2.43. The Labute approximate surface area is 137 Å². The molecule has 7 heteroatoms. The van der Waals surface area contributed by atoms with E-state index in [1.165, 1.54) is 6.92 Å². The van der Waals surface area contributed by atoms with E-state index in [2.05, 4.69) is 5.32 Å². The Morgan fingerprint density at radius 1 is 1.38 bits per heavy atom. The van der Waals surface area contributed by atoms with Gasteiger partial charge in [0.05, 0.1) is 17.1 Å². The van der Waals surface area contributed by atoms with Gasteiger partial charge < -0.3 is 10.4 Å². The summed E-state index contributed by atoms with van der Waals surface area (Å²) in [6, 6.07) is 8.40. The van der Waals surface area contributed by atoms with Crippen molar-refractivity contribution >= 4 is 11.6 Å². The van der Waals surface area contributed by atoms with Crippen LogP contribution in [0.25, 0.3) is 0 Å². The standard InChI is InChI=1S/C17H15FN2O4/c1-9-6-11(18)8-13(16(9)20(23)24)17(22)19-15-12-5-3-2-4-10(12)7-14(15)21/h2-6,8,14-15,21H,7H2,1H3,(H,19,22). The first kappa shape index (κ1) is 16.1. The number of carbonyl (C=O) groups excluding carboxylic acids is 1. The number of halogens is 1. The fourth-order valence-electron chi connectivity index (χ4n) is 3.12. The van der Waals surface area contributed by atoms with E-state index in [9.17, 15) is 24.4 Å². The third-order valence-electron chi connectivity index (χ3n) is 4.18. The molecular formula is C17H15FN2O4. The van der Waals surface area contributed by atoms with Crippen LogP contribution >= 0.6 is 0 Å². The summed E-state index contributed by atoms with van der Waals surface area (Å²) in [6.07, 6.45) is -0.453. The summed E-state index contributed by atoms with van der Waals surface area (Å²) in [7, 11) is 0. The minimum absolute atomic E-state index is 0.0671. The highest BCUT2D eigenvalue weighted by Crippen LogP contribution is 2.32. The van der Waals surface area contributed by atoms with Gasteiger partial charge in [-0.05, 0) is 30.2 Å². The molecule has 0 aliphatic heterocycles. The Balaban J connectivity index is 1.96. The number of benzene rings is 2. The van der Waals surface area contributed by atoms with Crippen molar-refractivity contribution in [2.45, 2.75) is 25.5 Å². The zero-order valence-corrected chi connectivity index (χ0v) is 12.8. The van der Waals surface area contributed by atoms with Gasteiger partial charge in [-0.2, -0.15) is 0 Å². The third-order valence-corrected chi connectivity index (χ3v) is 4.18. The monoisotopic (exact) mass is 330 g/mol. The van der Waals surface area contributed by atoms with Crippen molar-refractivity contribution in [1.82, 2.24) is 5.32 Å². The zero-order chi connectivity index (χ0) is 17.4. The number of rotatable bonds is 3. The van der Waals surface area contributed by atoms with Crippen LogP contribution in [0.5, 0.6) is 0 Å². The average Bonchev–Trinajstić information content (AvgIpc) is 2.82. The van der Waals surface area contributed by atoms with Crippen LogP contribution in [0, 0.1) is 22.9 Å². The molecule has 2 unspecified atom stereocenters. The quantitative estimate of drug-likeness (QED) is 0.668. The third kappa shape index (κ3) is 2.74. The van der Waals surface area contributed by atoms with Gasteiger partial charge >= 0.3 is 0 Å². The molecule has 2 aromatic rings. The SMILES string of the molecule is Cc1cc(F)cc(C(=O)NC2c3ccccc3CC2O)c1[N+](=O)[O-]. The second kappa shape index (κ2) is 6.01. The van der Waals surface area contributed by atoms with Gasteiger partial charge in [0.25, 0.3) is 11.6 Å². The molecular weight excluding hydrogens is 315 g/mol. The Kier molecular flexibility index (Phi) is 4.02. The van der Waals surface area contributed by atoms with Gasteiger partial charge in [0.2, 0.25) is 0 Å². The van der Waals surface area contributed by atoms with E-state index in [-0.39, 0.29) is 11.1 Å². The number of aliphatic hydroxyl groups excluding tert-OH is 1. The highest BCUT2D eigenvalue weighted by atomic mass is 19.1. The topological polar surface area (TPSA) is 92.5 Å². The van der Waals surface area contributed by atoms with Crippen LogP contribution < -0.4 is 5.32 Å². The predicted molar refractivity (Wildman–Crippen MR) is 84.2 cm³/mol. The van der Waals surface area contributed by atoms with Crippen LogP contribution in [-0.2, 0) is 6.42 Å². The van der Waals surface area contributed by atoms with Gasteiger partial charge in [0, 0.05) is 12.0 Å². The molecule has 0 bridgehead atoms. The first-order valence-electron chi connectivity index (χ1n) is 7.39. The Morgan fingerprint density at radius 3 is 2.79 bits per heavy atom. The number of amides is 1. The van der Waals surface area contributed by atoms with Gasteiger partial charge in [-0.25, -0.2) is 4.39 Å². The highest BCUT2D eigenvalue weighted by molar-refractivity contribution is 5.99. The molecule has 24 heavy (non-hydrogen) atoms. The zero-order valence-electron chi connectivity index (χ0n) is 12.8. The molecule has 0 saturated heterocycles. The molecule has 1 amide bonds. The molecule has 124 valence electrons. The van der Waals surface area contributed by atoms with Gasteiger partial charge in [-0.3, -0.25) is 14.9 Å². The molecule has 1 aliphatic carbocycles. The molecule has 1 aliphatic rings. The molecule has 2 aromatic carbocycles. The minimum Gasteiger partial charge on any atom is -0.390 e. The second-order valence-electron chi connectivity index (χ2n) is 5.80. The summed E-state index contributed by atoms with van der Waals surface area (Å²) in [5.41, 5.74) is 0.940. The lowest BCUT2D eigenvalue weighted by atomic mass is 10.0. The lowest BCUT2D eigenvalue weighted by molar-refractivity contribution is -0.385. The number of nitrogens with one attached hydrogen (secondary N) is 1. The summed E-state index contributed by atoms with van der Waals surface area (Å²) >= 11 is 0. The van der Waals surface area contributed by atoms with Crippen LogP contribution in [0.1, 0.15) is 33.1 Å². The normalized spacial score (nSPS) is 19.0. The summed E-state index contributed by atoms with van der Waals surface area (Å²) < 4.78 is 13.6. The number of aryl methyl sites for hydroxylation is 1. The number of aliphatic hydroxyl groups is 1. The highest BCUT2D eigenvalue weighted by Gasteiger charge is 2.34. The Hall–Kier alpha value is -2.80. The number of hydrogen-bond donors (Lipinski definition) is 2. The van der Waals surface area contributed by atoms with Crippen LogP contribution in [0.15, 0.2) is 36.4 Å². The van der Waals surface area contributed by atoms with Gasteiger partial charge in [-0.15, -0.1) is 0 Å². The largest absolute Gasteiger partial charge is 0.390 e. The molecule has 3 rings (SSSR count). The smallest absolute Gasteiger partial charge is 0.285 e. The minimum atomic E-state index is -0.833. The fraction of sp³-hybridized carbons (Fsp3) is 0.235. The molecule has 0 aromatic heterocycles. The van der Waals surface area contributed by atoms with E-state index in [1.54, 1.807) is 12.1 Å². The van der Waals surface area contributed by atoms with Gasteiger partial charge in [0.15, 0.2) is 0 Å². The van der Waals surface area contributed by atoms with Crippen LogP contribution in [0.2, 0.25) is 0 Å². The van der Waals surface area contributed by atoms with Crippen LogP contribution in [0.4, 0.5) is 10.1 Å². The van der Waals surface area contributed by atoms with Crippen molar-refractivity contribution in [3.63, 3.8) is 0 Å². The lowest BCUT2D eigenvalue weighted by Crippen LogP contribution is -2.34. The fourth-order valence-corrected chi connectivity index (χ4v) is 3.12. The number of nitro groups is 1. The number of hydrogen-bond acceptors (Lipinski definition) is 4. The van der Waals surface area contributed by atoms with Crippen LogP contribution in [0.3, 0.4) is 0 Å². The van der Waals surface area contributed by atoms with E-state index in [0.717, 1.165) is 23.3 Å². The number of nitrogens with zero attached hydrogens (tertiary/aromatic N) is 1. The second-order valence-corrected chi connectivity index (χ2v) is 5.80. The van der Waals surface area contributed by atoms with E-state index < -0.39 is 34.5 Å². The van der Waals surface area contributed by atoms with Crippen molar-refractivity contribution < 1.29 is 19.2 Å². The van der Waals surface area contributed by atoms with Crippen molar-refractivity contribution in [1.29, 1.82) is 0 Å². The lowest BCUT2D eigenvalue weighted by Gasteiger charge is -2.18. The molecule has 0 heterocycles. The van der Waals surface area contributed by atoms with Crippen molar-refractivity contribution in [3.05, 3.63) is 74.6 Å². The van der Waals surface area contributed by atoms with Crippen molar-refractivity contribution in [3.8, 4) is 0 Å². The molecule has 2 atom stereocenters. The molecule has 6 nitrogen and oxygen atoms in total. The average molecular weight is 330 g/mol. The maximum Gasteiger partial charge on any atom is 0.285 e. The Morgan fingerprint density at radius 2 is 2.08 bits per heavy atom. The van der Waals surface area contributed by atoms with Crippen LogP contribution in [-0.4, -0.2) is 22.0 Å².